The predicted octanol–water partition coefficient (Wildman–Crippen LogP) is 7.08. The van der Waals surface area contributed by atoms with Crippen LogP contribution in [0.1, 0.15) is 107 Å². The molecular formula is C31H48O3. The number of hydrogen-bond donors (Lipinski definition) is 1. The molecule has 190 valence electrons. The largest absolute Gasteiger partial charge is 0.393 e. The second-order valence-electron chi connectivity index (χ2n) is 13.8. The van der Waals surface area contributed by atoms with Gasteiger partial charge in [0.1, 0.15) is 11.6 Å². The number of allylic oxidation sites excluding steroid dienone is 4. The smallest absolute Gasteiger partial charge is 0.138 e. The van der Waals surface area contributed by atoms with E-state index >= 15 is 0 Å². The molecule has 8 atom stereocenters. The highest BCUT2D eigenvalue weighted by atomic mass is 16.3. The Labute approximate surface area is 207 Å². The standard InChI is InChI=1S/C31H48O3/c1-19(2)10-9-11-21(20(3)32)27-24(33)18-31(8)23-12-13-25-28(4,5)26(34)15-16-29(25,6)22(23)14-17-30(27,31)7/h10,12,21-22,24-25,27,33H,9,11,13-18H2,1-8H3/t21-,22-,24-,25-,27+,29+,30-,31+/m0/s1. The Morgan fingerprint density at radius 2 is 1.82 bits per heavy atom. The van der Waals surface area contributed by atoms with Gasteiger partial charge < -0.3 is 5.11 Å². The van der Waals surface area contributed by atoms with Gasteiger partial charge in [-0.15, -0.1) is 0 Å². The average Bonchev–Trinajstić information content (AvgIpc) is 2.94. The predicted molar refractivity (Wildman–Crippen MR) is 138 cm³/mol. The van der Waals surface area contributed by atoms with Crippen molar-refractivity contribution in [2.75, 3.05) is 0 Å². The molecule has 0 spiro atoms. The van der Waals surface area contributed by atoms with E-state index < -0.39 is 6.10 Å². The van der Waals surface area contributed by atoms with Gasteiger partial charge in [-0.1, -0.05) is 57.9 Å². The Morgan fingerprint density at radius 1 is 1.15 bits per heavy atom. The molecule has 3 heteroatoms. The van der Waals surface area contributed by atoms with Crippen LogP contribution in [0.2, 0.25) is 0 Å². The highest BCUT2D eigenvalue weighted by Crippen LogP contribution is 2.73. The minimum atomic E-state index is -0.440. The molecule has 0 aromatic heterocycles. The van der Waals surface area contributed by atoms with Crippen LogP contribution < -0.4 is 0 Å². The zero-order valence-electron chi connectivity index (χ0n) is 23.0. The van der Waals surface area contributed by atoms with Gasteiger partial charge in [0.2, 0.25) is 0 Å². The fraction of sp³-hybridized carbons (Fsp3) is 0.806. The van der Waals surface area contributed by atoms with Crippen LogP contribution in [0, 0.1) is 45.3 Å². The Balaban J connectivity index is 1.71. The SMILES string of the molecule is CC(=O)[C@H](CCC=C(C)C)[C@@H]1[C@@H](O)C[C@]2(C)C3=CC[C@H]4C(C)(C)C(=O)CC[C@]4(C)[C@H]3CC[C@@]12C. The number of rotatable bonds is 5. The molecule has 3 nitrogen and oxygen atoms in total. The first-order valence-electron chi connectivity index (χ1n) is 13.8. The van der Waals surface area contributed by atoms with E-state index in [9.17, 15) is 14.7 Å². The summed E-state index contributed by atoms with van der Waals surface area (Å²) >= 11 is 0. The maximum absolute atomic E-state index is 12.9. The summed E-state index contributed by atoms with van der Waals surface area (Å²) in [5.74, 6) is 1.44. The van der Waals surface area contributed by atoms with Gasteiger partial charge in [-0.2, -0.15) is 0 Å². The average molecular weight is 469 g/mol. The van der Waals surface area contributed by atoms with Gasteiger partial charge in [-0.3, -0.25) is 9.59 Å². The lowest BCUT2D eigenvalue weighted by molar-refractivity contribution is -0.146. The van der Waals surface area contributed by atoms with Crippen LogP contribution in [0.4, 0.5) is 0 Å². The third-order valence-corrected chi connectivity index (χ3v) is 11.6. The van der Waals surface area contributed by atoms with Crippen molar-refractivity contribution < 1.29 is 14.7 Å². The van der Waals surface area contributed by atoms with Gasteiger partial charge in [0.05, 0.1) is 6.10 Å². The third-order valence-electron chi connectivity index (χ3n) is 11.6. The molecule has 4 rings (SSSR count). The molecule has 0 unspecified atom stereocenters. The van der Waals surface area contributed by atoms with Crippen molar-refractivity contribution in [2.24, 2.45) is 45.3 Å². The number of aliphatic hydroxyl groups excluding tert-OH is 1. The highest BCUT2D eigenvalue weighted by molar-refractivity contribution is 5.85. The quantitative estimate of drug-likeness (QED) is 0.438. The number of fused-ring (bicyclic) bond motifs is 5. The first kappa shape index (κ1) is 25.9. The number of carbonyl (C=O) groups is 2. The molecule has 0 heterocycles. The molecule has 4 aliphatic rings. The fourth-order valence-electron chi connectivity index (χ4n) is 9.52. The topological polar surface area (TPSA) is 54.4 Å². The number of aliphatic hydroxyl groups is 1. The van der Waals surface area contributed by atoms with E-state index in [4.69, 9.17) is 0 Å². The van der Waals surface area contributed by atoms with Crippen molar-refractivity contribution in [3.05, 3.63) is 23.3 Å². The molecule has 0 amide bonds. The van der Waals surface area contributed by atoms with Crippen molar-refractivity contribution in [3.8, 4) is 0 Å². The molecule has 34 heavy (non-hydrogen) atoms. The monoisotopic (exact) mass is 468 g/mol. The fourth-order valence-corrected chi connectivity index (χ4v) is 9.52. The van der Waals surface area contributed by atoms with E-state index in [-0.39, 0.29) is 39.3 Å². The summed E-state index contributed by atoms with van der Waals surface area (Å²) in [6, 6.07) is 0. The van der Waals surface area contributed by atoms with E-state index in [1.165, 1.54) is 5.57 Å². The highest BCUT2D eigenvalue weighted by Gasteiger charge is 2.68. The van der Waals surface area contributed by atoms with E-state index in [0.29, 0.717) is 24.0 Å². The lowest BCUT2D eigenvalue weighted by Crippen LogP contribution is -2.57. The van der Waals surface area contributed by atoms with Gasteiger partial charge >= 0.3 is 0 Å². The Hall–Kier alpha value is -1.22. The molecule has 0 radical (unpaired) electrons. The van der Waals surface area contributed by atoms with Crippen LogP contribution >= 0.6 is 0 Å². The summed E-state index contributed by atoms with van der Waals surface area (Å²) in [5.41, 5.74) is 2.52. The minimum Gasteiger partial charge on any atom is -0.393 e. The molecule has 1 N–H and O–H groups in total. The Morgan fingerprint density at radius 3 is 2.44 bits per heavy atom. The zero-order valence-corrected chi connectivity index (χ0v) is 23.0. The second-order valence-corrected chi connectivity index (χ2v) is 13.8. The van der Waals surface area contributed by atoms with E-state index in [1.54, 1.807) is 12.5 Å². The Kier molecular flexibility index (Phi) is 6.41. The summed E-state index contributed by atoms with van der Waals surface area (Å²) in [6.07, 6.45) is 11.6. The van der Waals surface area contributed by atoms with Crippen molar-refractivity contribution in [2.45, 2.75) is 113 Å². The van der Waals surface area contributed by atoms with Crippen LogP contribution in [-0.4, -0.2) is 22.8 Å². The van der Waals surface area contributed by atoms with E-state index in [2.05, 4.69) is 60.6 Å². The molecule has 3 saturated carbocycles. The molecule has 0 aromatic rings. The van der Waals surface area contributed by atoms with E-state index in [0.717, 1.165) is 44.9 Å². The van der Waals surface area contributed by atoms with Crippen LogP contribution in [0.15, 0.2) is 23.3 Å². The molecular weight excluding hydrogens is 420 g/mol. The third kappa shape index (κ3) is 3.54. The number of Topliss-reactive ketones (excluding diaryl/α,β-unsaturated/α-hetero) is 2. The molecule has 3 fully saturated rings. The van der Waals surface area contributed by atoms with Crippen molar-refractivity contribution in [1.29, 1.82) is 0 Å². The number of hydrogen-bond acceptors (Lipinski definition) is 3. The summed E-state index contributed by atoms with van der Waals surface area (Å²) in [5, 5.41) is 11.5. The molecule has 0 bridgehead atoms. The van der Waals surface area contributed by atoms with E-state index in [1.807, 2.05) is 0 Å². The van der Waals surface area contributed by atoms with Crippen molar-refractivity contribution in [1.82, 2.24) is 0 Å². The zero-order chi connectivity index (χ0) is 25.3. The van der Waals surface area contributed by atoms with Crippen LogP contribution in [-0.2, 0) is 9.59 Å². The first-order chi connectivity index (χ1) is 15.7. The van der Waals surface area contributed by atoms with Crippen LogP contribution in [0.25, 0.3) is 0 Å². The summed E-state index contributed by atoms with van der Waals surface area (Å²) in [6.45, 7) is 17.5. The van der Waals surface area contributed by atoms with Crippen molar-refractivity contribution in [3.63, 3.8) is 0 Å². The number of carbonyl (C=O) groups excluding carboxylic acids is 2. The maximum atomic E-state index is 12.9. The van der Waals surface area contributed by atoms with Gasteiger partial charge in [0.15, 0.2) is 0 Å². The molecule has 0 saturated heterocycles. The first-order valence-corrected chi connectivity index (χ1v) is 13.8. The molecule has 0 aromatic carbocycles. The molecule has 0 aliphatic heterocycles. The summed E-state index contributed by atoms with van der Waals surface area (Å²) in [7, 11) is 0. The molecule has 4 aliphatic carbocycles. The summed E-state index contributed by atoms with van der Waals surface area (Å²) in [4.78, 5) is 25.8. The minimum absolute atomic E-state index is 0.0114. The Bertz CT molecular complexity index is 921. The maximum Gasteiger partial charge on any atom is 0.138 e. The number of ketones is 2. The van der Waals surface area contributed by atoms with Gasteiger partial charge in [-0.25, -0.2) is 0 Å². The van der Waals surface area contributed by atoms with Crippen LogP contribution in [0.5, 0.6) is 0 Å². The van der Waals surface area contributed by atoms with Gasteiger partial charge in [0.25, 0.3) is 0 Å². The van der Waals surface area contributed by atoms with Gasteiger partial charge in [-0.05, 0) is 93.8 Å². The van der Waals surface area contributed by atoms with Crippen molar-refractivity contribution >= 4 is 11.6 Å². The van der Waals surface area contributed by atoms with Gasteiger partial charge in [0, 0.05) is 23.7 Å². The lowest BCUT2D eigenvalue weighted by Gasteiger charge is -2.63. The normalized spacial score (nSPS) is 43.8. The lowest BCUT2D eigenvalue weighted by atomic mass is 9.41. The second kappa shape index (κ2) is 8.43. The summed E-state index contributed by atoms with van der Waals surface area (Å²) < 4.78 is 0. The van der Waals surface area contributed by atoms with Crippen LogP contribution in [0.3, 0.4) is 0 Å².